The lowest BCUT2D eigenvalue weighted by Gasteiger charge is -2.48. The second-order valence-corrected chi connectivity index (χ2v) is 12.0. The number of benzene rings is 2. The van der Waals surface area contributed by atoms with Crippen molar-refractivity contribution >= 4 is 43.4 Å². The van der Waals surface area contributed by atoms with Crippen molar-refractivity contribution in [2.45, 2.75) is 49.5 Å². The molecular formula is C27H28BrF3N4O2S. The Kier molecular flexibility index (Phi) is 7.56. The number of carbonyl (C=O) groups is 1. The highest BCUT2D eigenvalue weighted by molar-refractivity contribution is 9.10. The van der Waals surface area contributed by atoms with Crippen LogP contribution in [-0.4, -0.2) is 52.6 Å². The quantitative estimate of drug-likeness (QED) is 0.334. The number of nitrogens with zero attached hydrogens (tertiary/aromatic N) is 2. The molecule has 3 N–H and O–H groups in total. The zero-order valence-corrected chi connectivity index (χ0v) is 22.9. The Balaban J connectivity index is 1.05. The number of halogens is 4. The van der Waals surface area contributed by atoms with Crippen molar-refractivity contribution < 1.29 is 23.1 Å². The van der Waals surface area contributed by atoms with Gasteiger partial charge in [-0.15, -0.1) is 11.3 Å². The molecule has 38 heavy (non-hydrogen) atoms. The minimum absolute atomic E-state index is 0.0431. The van der Waals surface area contributed by atoms with E-state index in [0.29, 0.717) is 24.6 Å². The van der Waals surface area contributed by atoms with Gasteiger partial charge in [0.15, 0.2) is 0 Å². The van der Waals surface area contributed by atoms with Gasteiger partial charge in [-0.1, -0.05) is 28.6 Å². The van der Waals surface area contributed by atoms with Gasteiger partial charge >= 0.3 is 6.18 Å². The number of alkyl halides is 3. The van der Waals surface area contributed by atoms with Crippen molar-refractivity contribution in [2.24, 2.45) is 0 Å². The average Bonchev–Trinajstić information content (AvgIpc) is 3.29. The average molecular weight is 610 g/mol. The van der Waals surface area contributed by atoms with Crippen molar-refractivity contribution in [2.75, 3.05) is 19.6 Å². The molecule has 1 amide bonds. The van der Waals surface area contributed by atoms with E-state index in [2.05, 4.69) is 38.0 Å². The van der Waals surface area contributed by atoms with Gasteiger partial charge in [0.2, 0.25) is 0 Å². The number of rotatable bonds is 7. The van der Waals surface area contributed by atoms with Crippen molar-refractivity contribution in [1.82, 2.24) is 20.5 Å². The summed E-state index contributed by atoms with van der Waals surface area (Å²) in [4.78, 5) is 19.4. The monoisotopic (exact) mass is 608 g/mol. The molecule has 5 rings (SSSR count). The van der Waals surface area contributed by atoms with Gasteiger partial charge in [0.05, 0.1) is 28.4 Å². The van der Waals surface area contributed by atoms with Crippen LogP contribution in [-0.2, 0) is 11.8 Å². The van der Waals surface area contributed by atoms with E-state index < -0.39 is 23.2 Å². The molecule has 0 bridgehead atoms. The Labute approximate surface area is 231 Å². The zero-order chi connectivity index (χ0) is 27.1. The first-order chi connectivity index (χ1) is 18.0. The number of nitrogens with one attached hydrogen (secondary N) is 2. The van der Waals surface area contributed by atoms with Gasteiger partial charge in [0, 0.05) is 34.9 Å². The molecule has 1 aliphatic carbocycles. The van der Waals surface area contributed by atoms with Gasteiger partial charge in [-0.05, 0) is 62.1 Å². The maximum absolute atomic E-state index is 12.9. The first kappa shape index (κ1) is 27.1. The molecule has 1 aromatic heterocycles. The van der Waals surface area contributed by atoms with E-state index in [1.165, 1.54) is 12.1 Å². The fourth-order valence-corrected chi connectivity index (χ4v) is 6.79. The molecule has 0 spiro atoms. The SMILES string of the molecule is C=C(CNC(=O)c1cccc(C(F)(F)F)c1)NC1CN(C2CCC(O)(c3nc4ccc(Br)cc4s3)CC2)C1. The molecule has 0 unspecified atom stereocenters. The number of hydrogen-bond acceptors (Lipinski definition) is 6. The molecule has 3 aromatic rings. The van der Waals surface area contributed by atoms with Gasteiger partial charge in [-0.3, -0.25) is 9.69 Å². The highest BCUT2D eigenvalue weighted by Gasteiger charge is 2.41. The Bertz CT molecular complexity index is 1350. The normalized spacial score (nSPS) is 22.7. The number of aromatic nitrogens is 1. The molecule has 2 aliphatic rings. The molecule has 0 radical (unpaired) electrons. The highest BCUT2D eigenvalue weighted by Crippen LogP contribution is 2.42. The van der Waals surface area contributed by atoms with Crippen molar-refractivity contribution in [3.05, 3.63) is 75.3 Å². The molecular weight excluding hydrogens is 581 g/mol. The molecule has 6 nitrogen and oxygen atoms in total. The third-order valence-corrected chi connectivity index (χ3v) is 8.98. The van der Waals surface area contributed by atoms with Crippen LogP contribution >= 0.6 is 27.3 Å². The molecule has 2 heterocycles. The summed E-state index contributed by atoms with van der Waals surface area (Å²) >= 11 is 5.05. The fourth-order valence-electron chi connectivity index (χ4n) is 5.12. The molecule has 2 aromatic carbocycles. The van der Waals surface area contributed by atoms with Gasteiger partial charge in [-0.25, -0.2) is 4.98 Å². The van der Waals surface area contributed by atoms with Gasteiger partial charge in [0.1, 0.15) is 10.6 Å². The first-order valence-corrected chi connectivity index (χ1v) is 14.0. The van der Waals surface area contributed by atoms with Gasteiger partial charge < -0.3 is 15.7 Å². The smallest absolute Gasteiger partial charge is 0.383 e. The number of amides is 1. The Hall–Kier alpha value is -2.47. The minimum Gasteiger partial charge on any atom is -0.383 e. The lowest BCUT2D eigenvalue weighted by molar-refractivity contribution is -0.137. The van der Waals surface area contributed by atoms with E-state index in [9.17, 15) is 23.1 Å². The number of likely N-dealkylation sites (tertiary alicyclic amines) is 1. The third kappa shape index (κ3) is 5.90. The summed E-state index contributed by atoms with van der Waals surface area (Å²) in [6.07, 6.45) is -1.39. The number of thiazole rings is 1. The molecule has 11 heteroatoms. The second kappa shape index (κ2) is 10.6. The van der Waals surface area contributed by atoms with Crippen LogP contribution < -0.4 is 10.6 Å². The lowest BCUT2D eigenvalue weighted by Crippen LogP contribution is -2.62. The lowest BCUT2D eigenvalue weighted by atomic mass is 9.81. The van der Waals surface area contributed by atoms with Crippen LogP contribution in [0.4, 0.5) is 13.2 Å². The van der Waals surface area contributed by atoms with Crippen LogP contribution in [0.3, 0.4) is 0 Å². The summed E-state index contributed by atoms with van der Waals surface area (Å²) in [5, 5.41) is 18.0. The van der Waals surface area contributed by atoms with E-state index in [0.717, 1.165) is 57.8 Å². The Morgan fingerprint density at radius 3 is 2.66 bits per heavy atom. The molecule has 0 atom stereocenters. The van der Waals surface area contributed by atoms with Crippen molar-refractivity contribution in [3.8, 4) is 0 Å². The third-order valence-electron chi connectivity index (χ3n) is 7.28. The Morgan fingerprint density at radius 1 is 1.21 bits per heavy atom. The second-order valence-electron chi connectivity index (χ2n) is 10.1. The summed E-state index contributed by atoms with van der Waals surface area (Å²) in [5.41, 5.74) is -0.270. The molecule has 1 saturated carbocycles. The van der Waals surface area contributed by atoms with Gasteiger partial charge in [0.25, 0.3) is 5.91 Å². The summed E-state index contributed by atoms with van der Waals surface area (Å²) in [6, 6.07) is 10.9. The summed E-state index contributed by atoms with van der Waals surface area (Å²) in [5.74, 6) is -0.579. The van der Waals surface area contributed by atoms with Crippen LogP contribution in [0.5, 0.6) is 0 Å². The molecule has 2 fully saturated rings. The number of carbonyl (C=O) groups excluding carboxylic acids is 1. The number of hydrogen-bond donors (Lipinski definition) is 3. The van der Waals surface area contributed by atoms with E-state index >= 15 is 0 Å². The van der Waals surface area contributed by atoms with Crippen LogP contribution in [0, 0.1) is 0 Å². The maximum Gasteiger partial charge on any atom is 0.416 e. The summed E-state index contributed by atoms with van der Waals surface area (Å²) in [6.45, 7) is 5.74. The largest absolute Gasteiger partial charge is 0.416 e. The predicted molar refractivity (Wildman–Crippen MR) is 145 cm³/mol. The Morgan fingerprint density at radius 2 is 1.95 bits per heavy atom. The van der Waals surface area contributed by atoms with Crippen molar-refractivity contribution in [1.29, 1.82) is 0 Å². The fraction of sp³-hybridized carbons (Fsp3) is 0.407. The number of aliphatic hydroxyl groups is 1. The summed E-state index contributed by atoms with van der Waals surface area (Å²) in [7, 11) is 0. The van der Waals surface area contributed by atoms with E-state index in [4.69, 9.17) is 4.98 Å². The summed E-state index contributed by atoms with van der Waals surface area (Å²) < 4.78 is 40.7. The van der Waals surface area contributed by atoms with E-state index in [-0.39, 0.29) is 18.2 Å². The standard InChI is InChI=1S/C27H28BrF3N4O2S/c1-16(13-32-24(36)17-3-2-4-18(11-17)27(29,30)31)33-20-14-35(15-20)21-7-9-26(37,10-8-21)25-34-22-6-5-19(28)12-23(22)38-25/h2-6,11-12,20-21,33,37H,1,7-10,13-15H2,(H,32,36). The zero-order valence-electron chi connectivity index (χ0n) is 20.5. The van der Waals surface area contributed by atoms with Crippen LogP contribution in [0.15, 0.2) is 59.2 Å². The van der Waals surface area contributed by atoms with E-state index in [1.807, 2.05) is 18.2 Å². The van der Waals surface area contributed by atoms with Gasteiger partial charge in [-0.2, -0.15) is 13.2 Å². The molecule has 1 saturated heterocycles. The number of fused-ring (bicyclic) bond motifs is 1. The van der Waals surface area contributed by atoms with Crippen LogP contribution in [0.2, 0.25) is 0 Å². The van der Waals surface area contributed by atoms with Crippen molar-refractivity contribution in [3.63, 3.8) is 0 Å². The minimum atomic E-state index is -4.50. The molecule has 1 aliphatic heterocycles. The van der Waals surface area contributed by atoms with Crippen LogP contribution in [0.1, 0.15) is 46.6 Å². The molecule has 202 valence electrons. The van der Waals surface area contributed by atoms with E-state index in [1.54, 1.807) is 11.3 Å². The topological polar surface area (TPSA) is 77.5 Å². The van der Waals surface area contributed by atoms with Crippen LogP contribution in [0.25, 0.3) is 10.2 Å². The predicted octanol–water partition coefficient (Wildman–Crippen LogP) is 5.43. The highest BCUT2D eigenvalue weighted by atomic mass is 79.9. The maximum atomic E-state index is 12.9. The first-order valence-electron chi connectivity index (χ1n) is 12.4.